The van der Waals surface area contributed by atoms with Crippen LogP contribution in [-0.4, -0.2) is 17.4 Å². The van der Waals surface area contributed by atoms with Gasteiger partial charge in [-0.15, -0.1) is 0 Å². The second-order valence-corrected chi connectivity index (χ2v) is 8.75. The van der Waals surface area contributed by atoms with Crippen molar-refractivity contribution < 1.29 is 9.72 Å². The average molecular weight is 363 g/mol. The van der Waals surface area contributed by atoms with E-state index in [0.717, 1.165) is 24.2 Å². The number of non-ortho nitro benzene ring substituents is 1. The van der Waals surface area contributed by atoms with E-state index in [0.29, 0.717) is 12.0 Å². The molecule has 0 unspecified atom stereocenters. The number of benzene rings is 1. The van der Waals surface area contributed by atoms with Crippen LogP contribution in [0.3, 0.4) is 0 Å². The maximum absolute atomic E-state index is 12.4. The summed E-state index contributed by atoms with van der Waals surface area (Å²) in [5.74, 6) is 2.37. The Morgan fingerprint density at radius 1 is 1.20 bits per heavy atom. The molecule has 0 aromatic heterocycles. The molecule has 0 radical (unpaired) electrons. The van der Waals surface area contributed by atoms with Gasteiger partial charge >= 0.3 is 0 Å². The lowest BCUT2D eigenvalue weighted by Gasteiger charge is -2.57. The van der Waals surface area contributed by atoms with Crippen LogP contribution in [0.25, 0.3) is 0 Å². The van der Waals surface area contributed by atoms with Crippen molar-refractivity contribution in [3.8, 4) is 0 Å². The van der Waals surface area contributed by atoms with Crippen molar-refractivity contribution in [1.29, 1.82) is 0 Å². The first-order valence-corrected chi connectivity index (χ1v) is 9.54. The van der Waals surface area contributed by atoms with Gasteiger partial charge < -0.3 is 5.32 Å². The molecule has 0 spiro atoms. The Bertz CT molecular complexity index is 683. The molecular weight excluding hydrogens is 340 g/mol. The van der Waals surface area contributed by atoms with Gasteiger partial charge in [0.15, 0.2) is 0 Å². The third-order valence-corrected chi connectivity index (χ3v) is 6.84. The van der Waals surface area contributed by atoms with Gasteiger partial charge in [0.2, 0.25) is 0 Å². The van der Waals surface area contributed by atoms with Crippen LogP contribution >= 0.6 is 11.6 Å². The molecule has 4 aliphatic carbocycles. The van der Waals surface area contributed by atoms with Crippen LogP contribution in [-0.2, 0) is 0 Å². The van der Waals surface area contributed by atoms with Gasteiger partial charge in [0.05, 0.1) is 15.5 Å². The minimum absolute atomic E-state index is 0.115. The first-order chi connectivity index (χ1) is 11.9. The Morgan fingerprint density at radius 2 is 1.80 bits per heavy atom. The van der Waals surface area contributed by atoms with Crippen molar-refractivity contribution in [3.63, 3.8) is 0 Å². The van der Waals surface area contributed by atoms with Gasteiger partial charge in [-0.3, -0.25) is 14.9 Å². The number of carbonyl (C=O) groups is 1. The molecule has 4 saturated carbocycles. The first-order valence-electron chi connectivity index (χ1n) is 9.16. The number of halogens is 1. The summed E-state index contributed by atoms with van der Waals surface area (Å²) in [5, 5.41) is 14.1. The number of nitrogens with zero attached hydrogens (tertiary/aromatic N) is 1. The molecule has 134 valence electrons. The predicted molar refractivity (Wildman–Crippen MR) is 95.7 cm³/mol. The Kier molecular flexibility index (Phi) is 4.22. The molecule has 5 rings (SSSR count). The highest BCUT2D eigenvalue weighted by Gasteiger charge is 2.50. The maximum Gasteiger partial charge on any atom is 0.270 e. The van der Waals surface area contributed by atoms with Crippen molar-refractivity contribution >= 4 is 23.2 Å². The second-order valence-electron chi connectivity index (χ2n) is 8.34. The zero-order valence-corrected chi connectivity index (χ0v) is 14.9. The summed E-state index contributed by atoms with van der Waals surface area (Å²) < 4.78 is 0. The Morgan fingerprint density at radius 3 is 2.36 bits per heavy atom. The fraction of sp³-hybridized carbons (Fsp3) is 0.632. The van der Waals surface area contributed by atoms with E-state index in [1.54, 1.807) is 0 Å². The summed E-state index contributed by atoms with van der Waals surface area (Å²) in [6.07, 6.45) is 9.18. The smallest absolute Gasteiger partial charge is 0.270 e. The summed E-state index contributed by atoms with van der Waals surface area (Å²) in [6.45, 7) is 0.615. The van der Waals surface area contributed by atoms with Crippen molar-refractivity contribution in [1.82, 2.24) is 5.32 Å². The van der Waals surface area contributed by atoms with Gasteiger partial charge in [-0.1, -0.05) is 11.6 Å². The number of nitro benzene ring substituents is 1. The molecule has 1 aromatic carbocycles. The van der Waals surface area contributed by atoms with Crippen LogP contribution in [0.5, 0.6) is 0 Å². The van der Waals surface area contributed by atoms with Crippen molar-refractivity contribution in [3.05, 3.63) is 38.9 Å². The number of amides is 1. The molecule has 1 amide bonds. The van der Waals surface area contributed by atoms with Gasteiger partial charge in [0.25, 0.3) is 11.6 Å². The van der Waals surface area contributed by atoms with Gasteiger partial charge in [0.1, 0.15) is 0 Å². The van der Waals surface area contributed by atoms with Crippen LogP contribution in [0.4, 0.5) is 5.69 Å². The van der Waals surface area contributed by atoms with Gasteiger partial charge in [-0.2, -0.15) is 0 Å². The molecule has 4 fully saturated rings. The highest BCUT2D eigenvalue weighted by Crippen LogP contribution is 2.61. The Balaban J connectivity index is 1.38. The summed E-state index contributed by atoms with van der Waals surface area (Å²) >= 11 is 6.05. The molecule has 1 aromatic rings. The van der Waals surface area contributed by atoms with E-state index in [1.807, 2.05) is 0 Å². The average Bonchev–Trinajstić information content (AvgIpc) is 2.53. The van der Waals surface area contributed by atoms with E-state index in [4.69, 9.17) is 11.6 Å². The maximum atomic E-state index is 12.4. The normalized spacial score (nSPS) is 32.6. The fourth-order valence-corrected chi connectivity index (χ4v) is 6.14. The van der Waals surface area contributed by atoms with E-state index in [9.17, 15) is 14.9 Å². The monoisotopic (exact) mass is 362 g/mol. The fourth-order valence-electron chi connectivity index (χ4n) is 5.93. The third kappa shape index (κ3) is 3.26. The molecule has 0 aliphatic heterocycles. The number of nitrogens with one attached hydrogen (secondary N) is 1. The minimum atomic E-state index is -0.511. The van der Waals surface area contributed by atoms with Crippen LogP contribution in [0, 0.1) is 33.3 Å². The molecular formula is C19H23ClN2O3. The molecule has 0 atom stereocenters. The molecule has 1 N–H and O–H groups in total. The van der Waals surface area contributed by atoms with Crippen LogP contribution in [0.2, 0.25) is 5.02 Å². The van der Waals surface area contributed by atoms with Crippen LogP contribution in [0.15, 0.2) is 18.2 Å². The lowest BCUT2D eigenvalue weighted by Crippen LogP contribution is -2.47. The molecule has 4 aliphatic rings. The molecule has 25 heavy (non-hydrogen) atoms. The molecule has 6 heteroatoms. The van der Waals surface area contributed by atoms with E-state index < -0.39 is 4.92 Å². The van der Waals surface area contributed by atoms with Gasteiger partial charge in [-0.05, 0) is 74.2 Å². The molecule has 0 saturated heterocycles. The predicted octanol–water partition coefficient (Wildman–Crippen LogP) is 4.58. The number of hydrogen-bond donors (Lipinski definition) is 1. The SMILES string of the molecule is O=C(NCCC12CC3CC(CC(C3)C1)C2)c1cc([N+](=O)[O-])ccc1Cl. The van der Waals surface area contributed by atoms with Crippen molar-refractivity contribution in [2.45, 2.75) is 44.9 Å². The third-order valence-electron chi connectivity index (χ3n) is 6.51. The van der Waals surface area contributed by atoms with E-state index in [1.165, 1.54) is 56.7 Å². The largest absolute Gasteiger partial charge is 0.352 e. The minimum Gasteiger partial charge on any atom is -0.352 e. The Labute approximate surface area is 152 Å². The number of rotatable bonds is 5. The lowest BCUT2D eigenvalue weighted by atomic mass is 9.49. The lowest BCUT2D eigenvalue weighted by molar-refractivity contribution is -0.384. The van der Waals surface area contributed by atoms with Crippen LogP contribution < -0.4 is 5.32 Å². The molecule has 0 heterocycles. The summed E-state index contributed by atoms with van der Waals surface area (Å²) in [7, 11) is 0. The van der Waals surface area contributed by atoms with Gasteiger partial charge in [-0.25, -0.2) is 0 Å². The first kappa shape index (κ1) is 16.8. The zero-order valence-electron chi connectivity index (χ0n) is 14.2. The summed E-state index contributed by atoms with van der Waals surface area (Å²) in [6, 6.07) is 3.98. The standard InChI is InChI=1S/C19H23ClN2O3/c20-17-2-1-15(22(24)25)8-16(17)18(23)21-4-3-19-9-12-5-13(10-19)7-14(6-12)11-19/h1-2,8,12-14H,3-7,9-11H2,(H,21,23). The molecule has 5 nitrogen and oxygen atoms in total. The highest BCUT2D eigenvalue weighted by atomic mass is 35.5. The zero-order chi connectivity index (χ0) is 17.6. The molecule has 4 bridgehead atoms. The van der Waals surface area contributed by atoms with Crippen LogP contribution in [0.1, 0.15) is 55.3 Å². The Hall–Kier alpha value is -1.62. The number of nitro groups is 1. The second kappa shape index (κ2) is 6.27. The van der Waals surface area contributed by atoms with Crippen molar-refractivity contribution in [2.75, 3.05) is 6.54 Å². The summed E-state index contributed by atoms with van der Waals surface area (Å²) in [5.41, 5.74) is 0.478. The summed E-state index contributed by atoms with van der Waals surface area (Å²) in [4.78, 5) is 22.8. The van der Waals surface area contributed by atoms with E-state index >= 15 is 0 Å². The quantitative estimate of drug-likeness (QED) is 0.615. The topological polar surface area (TPSA) is 72.2 Å². The number of hydrogen-bond acceptors (Lipinski definition) is 3. The van der Waals surface area contributed by atoms with Crippen molar-refractivity contribution in [2.24, 2.45) is 23.2 Å². The number of carbonyl (C=O) groups excluding carboxylic acids is 1. The van der Waals surface area contributed by atoms with E-state index in [-0.39, 0.29) is 22.2 Å². The highest BCUT2D eigenvalue weighted by molar-refractivity contribution is 6.33. The van der Waals surface area contributed by atoms with Gasteiger partial charge in [0, 0.05) is 18.7 Å². The van der Waals surface area contributed by atoms with E-state index in [2.05, 4.69) is 5.32 Å².